The van der Waals surface area contributed by atoms with Gasteiger partial charge < -0.3 is 4.42 Å². The second-order valence-corrected chi connectivity index (χ2v) is 5.25. The van der Waals surface area contributed by atoms with Gasteiger partial charge in [-0.15, -0.1) is 0 Å². The molecule has 4 nitrogen and oxygen atoms in total. The number of aryl methyl sites for hydroxylation is 1. The van der Waals surface area contributed by atoms with Crippen LogP contribution in [-0.2, 0) is 4.79 Å². The van der Waals surface area contributed by atoms with Crippen molar-refractivity contribution < 1.29 is 9.21 Å². The number of hydrogen-bond donors (Lipinski definition) is 0. The molecule has 0 bridgehead atoms. The van der Waals surface area contributed by atoms with E-state index in [4.69, 9.17) is 4.42 Å². The molecule has 116 valence electrons. The van der Waals surface area contributed by atoms with Crippen LogP contribution in [0.3, 0.4) is 0 Å². The van der Waals surface area contributed by atoms with Crippen molar-refractivity contribution in [2.45, 2.75) is 13.8 Å². The number of amides is 1. The Morgan fingerprint density at radius 2 is 2.09 bits per heavy atom. The lowest BCUT2D eigenvalue weighted by molar-refractivity contribution is -0.114. The Balaban J connectivity index is 1.83. The third-order valence-corrected chi connectivity index (χ3v) is 3.65. The van der Waals surface area contributed by atoms with Gasteiger partial charge in [0.05, 0.1) is 0 Å². The summed E-state index contributed by atoms with van der Waals surface area (Å²) in [5, 5.41) is 1.02. The first-order chi connectivity index (χ1) is 11.2. The number of likely N-dealkylation sites (N-methyl/N-ethyl adjacent to an activating group) is 1. The highest BCUT2D eigenvalue weighted by molar-refractivity contribution is 6.03. The fourth-order valence-electron chi connectivity index (χ4n) is 2.50. The van der Waals surface area contributed by atoms with Crippen molar-refractivity contribution in [2.75, 3.05) is 11.4 Å². The third-order valence-electron chi connectivity index (χ3n) is 3.65. The Bertz CT molecular complexity index is 831. The Kier molecular flexibility index (Phi) is 4.24. The maximum atomic E-state index is 12.5. The molecule has 3 rings (SSSR count). The van der Waals surface area contributed by atoms with Crippen LogP contribution in [0.4, 0.5) is 5.82 Å². The molecule has 0 aliphatic carbocycles. The molecule has 2 heterocycles. The van der Waals surface area contributed by atoms with Crippen LogP contribution in [0.5, 0.6) is 0 Å². The Labute approximate surface area is 135 Å². The molecule has 0 aliphatic heterocycles. The number of carbonyl (C=O) groups is 1. The molecule has 0 spiro atoms. The first-order valence-electron chi connectivity index (χ1n) is 7.59. The average molecular weight is 306 g/mol. The zero-order valence-electron chi connectivity index (χ0n) is 13.2. The maximum absolute atomic E-state index is 12.5. The van der Waals surface area contributed by atoms with E-state index in [1.807, 2.05) is 56.3 Å². The lowest BCUT2D eigenvalue weighted by Gasteiger charge is -2.19. The molecular weight excluding hydrogens is 288 g/mol. The number of rotatable bonds is 4. The summed E-state index contributed by atoms with van der Waals surface area (Å²) in [5.74, 6) is 1.23. The molecule has 0 radical (unpaired) electrons. The highest BCUT2D eigenvalue weighted by Crippen LogP contribution is 2.20. The minimum atomic E-state index is -0.116. The lowest BCUT2D eigenvalue weighted by Crippen LogP contribution is -2.30. The minimum Gasteiger partial charge on any atom is -0.457 e. The number of aromatic nitrogens is 1. The van der Waals surface area contributed by atoms with E-state index in [0.29, 0.717) is 18.1 Å². The van der Waals surface area contributed by atoms with Crippen LogP contribution < -0.4 is 4.90 Å². The van der Waals surface area contributed by atoms with Gasteiger partial charge in [0.15, 0.2) is 0 Å². The van der Waals surface area contributed by atoms with E-state index in [-0.39, 0.29) is 5.91 Å². The number of hydrogen-bond acceptors (Lipinski definition) is 3. The average Bonchev–Trinajstić information content (AvgIpc) is 2.98. The second kappa shape index (κ2) is 6.48. The molecule has 0 atom stereocenters. The largest absolute Gasteiger partial charge is 0.457 e. The molecule has 23 heavy (non-hydrogen) atoms. The standard InChI is InChI=1S/C19H18N2O2/c1-3-21(19-14(2)7-6-12-20-19)18(22)11-10-16-13-15-8-4-5-9-17(15)23-16/h4-13H,3H2,1-2H3/b11-10+. The number of para-hydroxylation sites is 1. The summed E-state index contributed by atoms with van der Waals surface area (Å²) in [5.41, 5.74) is 1.78. The van der Waals surface area contributed by atoms with Gasteiger partial charge in [0.25, 0.3) is 5.91 Å². The van der Waals surface area contributed by atoms with E-state index >= 15 is 0 Å². The van der Waals surface area contributed by atoms with Gasteiger partial charge in [0.2, 0.25) is 0 Å². The van der Waals surface area contributed by atoms with Gasteiger partial charge in [-0.3, -0.25) is 9.69 Å². The molecule has 0 fully saturated rings. The van der Waals surface area contributed by atoms with E-state index < -0.39 is 0 Å². The van der Waals surface area contributed by atoms with Crippen molar-refractivity contribution in [3.8, 4) is 0 Å². The molecule has 0 aliphatic rings. The van der Waals surface area contributed by atoms with Crippen LogP contribution in [-0.4, -0.2) is 17.4 Å². The third kappa shape index (κ3) is 3.16. The number of nitrogens with zero attached hydrogens (tertiary/aromatic N) is 2. The summed E-state index contributed by atoms with van der Waals surface area (Å²) in [6, 6.07) is 13.5. The van der Waals surface area contributed by atoms with Crippen LogP contribution in [0.2, 0.25) is 0 Å². The van der Waals surface area contributed by atoms with Gasteiger partial charge >= 0.3 is 0 Å². The fraction of sp³-hybridized carbons (Fsp3) is 0.158. The van der Waals surface area contributed by atoms with Crippen molar-refractivity contribution in [3.63, 3.8) is 0 Å². The number of anilines is 1. The monoisotopic (exact) mass is 306 g/mol. The minimum absolute atomic E-state index is 0.116. The zero-order valence-corrected chi connectivity index (χ0v) is 13.2. The summed E-state index contributed by atoms with van der Waals surface area (Å²) < 4.78 is 5.69. The summed E-state index contributed by atoms with van der Waals surface area (Å²) in [7, 11) is 0. The number of fused-ring (bicyclic) bond motifs is 1. The van der Waals surface area contributed by atoms with E-state index in [2.05, 4.69) is 4.98 Å². The highest BCUT2D eigenvalue weighted by atomic mass is 16.3. The van der Waals surface area contributed by atoms with Crippen molar-refractivity contribution in [1.29, 1.82) is 0 Å². The lowest BCUT2D eigenvalue weighted by atomic mass is 10.2. The van der Waals surface area contributed by atoms with Crippen molar-refractivity contribution >= 4 is 28.8 Å². The van der Waals surface area contributed by atoms with Gasteiger partial charge in [0.1, 0.15) is 17.2 Å². The molecule has 0 saturated carbocycles. The van der Waals surface area contributed by atoms with Gasteiger partial charge in [-0.1, -0.05) is 24.3 Å². The van der Waals surface area contributed by atoms with E-state index in [1.54, 1.807) is 17.2 Å². The predicted octanol–water partition coefficient (Wildman–Crippen LogP) is 4.20. The van der Waals surface area contributed by atoms with Gasteiger partial charge in [0, 0.05) is 24.2 Å². The summed E-state index contributed by atoms with van der Waals surface area (Å²) in [4.78, 5) is 18.4. The van der Waals surface area contributed by atoms with Crippen LogP contribution in [0, 0.1) is 6.92 Å². The Morgan fingerprint density at radius 1 is 1.26 bits per heavy atom. The molecule has 3 aromatic rings. The van der Waals surface area contributed by atoms with Crippen molar-refractivity contribution in [1.82, 2.24) is 4.98 Å². The molecule has 0 unspecified atom stereocenters. The Hall–Kier alpha value is -2.88. The second-order valence-electron chi connectivity index (χ2n) is 5.25. The maximum Gasteiger partial charge on any atom is 0.252 e. The number of furan rings is 1. The van der Waals surface area contributed by atoms with E-state index in [1.165, 1.54) is 6.08 Å². The van der Waals surface area contributed by atoms with Gasteiger partial charge in [-0.05, 0) is 43.7 Å². The van der Waals surface area contributed by atoms with Crippen LogP contribution >= 0.6 is 0 Å². The van der Waals surface area contributed by atoms with E-state index in [9.17, 15) is 4.79 Å². The quantitative estimate of drug-likeness (QED) is 0.679. The first kappa shape index (κ1) is 15.0. The highest BCUT2D eigenvalue weighted by Gasteiger charge is 2.14. The van der Waals surface area contributed by atoms with Gasteiger partial charge in [-0.25, -0.2) is 4.98 Å². The van der Waals surface area contributed by atoms with Crippen LogP contribution in [0.15, 0.2) is 59.2 Å². The number of pyridine rings is 1. The molecule has 4 heteroatoms. The molecular formula is C19H18N2O2. The molecule has 1 aromatic carbocycles. The zero-order chi connectivity index (χ0) is 16.2. The van der Waals surface area contributed by atoms with Crippen molar-refractivity contribution in [3.05, 3.63) is 66.1 Å². The van der Waals surface area contributed by atoms with Crippen molar-refractivity contribution in [2.24, 2.45) is 0 Å². The normalized spacial score (nSPS) is 11.2. The van der Waals surface area contributed by atoms with Crippen LogP contribution in [0.25, 0.3) is 17.0 Å². The molecule has 1 amide bonds. The van der Waals surface area contributed by atoms with Crippen LogP contribution in [0.1, 0.15) is 18.2 Å². The SMILES string of the molecule is CCN(C(=O)/C=C/c1cc2ccccc2o1)c1ncccc1C. The Morgan fingerprint density at radius 3 is 2.83 bits per heavy atom. The fourth-order valence-corrected chi connectivity index (χ4v) is 2.50. The predicted molar refractivity (Wildman–Crippen MR) is 92.2 cm³/mol. The summed E-state index contributed by atoms with van der Waals surface area (Å²) >= 11 is 0. The number of benzene rings is 1. The molecule has 2 aromatic heterocycles. The molecule has 0 N–H and O–H groups in total. The first-order valence-corrected chi connectivity index (χ1v) is 7.59. The number of carbonyl (C=O) groups excluding carboxylic acids is 1. The molecule has 0 saturated heterocycles. The van der Waals surface area contributed by atoms with E-state index in [0.717, 1.165) is 16.5 Å². The smallest absolute Gasteiger partial charge is 0.252 e. The van der Waals surface area contributed by atoms with Gasteiger partial charge in [-0.2, -0.15) is 0 Å². The summed E-state index contributed by atoms with van der Waals surface area (Å²) in [6.07, 6.45) is 4.92. The topological polar surface area (TPSA) is 46.3 Å². The summed E-state index contributed by atoms with van der Waals surface area (Å²) in [6.45, 7) is 4.43.